The number of amides is 3. The number of rotatable bonds is 4. The van der Waals surface area contributed by atoms with E-state index in [1.807, 2.05) is 13.0 Å². The number of hydrogen-bond acceptors (Lipinski definition) is 3. The Morgan fingerprint density at radius 3 is 2.43 bits per heavy atom. The second-order valence-corrected chi connectivity index (χ2v) is 6.41. The van der Waals surface area contributed by atoms with E-state index in [1.54, 1.807) is 6.07 Å². The third-order valence-electron chi connectivity index (χ3n) is 3.03. The number of benzene rings is 1. The molecule has 122 valence electrons. The van der Waals surface area contributed by atoms with Crippen LogP contribution in [0.2, 0.25) is 4.34 Å². The highest BCUT2D eigenvalue weighted by molar-refractivity contribution is 7.16. The third-order valence-corrected chi connectivity index (χ3v) is 4.25. The standard InChI is InChI=1S/C15H15ClFN3O2S/c1-2-20(9-12-7-8-13(16)23-12)15(22)19-18-14(21)10-3-5-11(17)6-4-10/h3-8H,2,9H2,1H3,(H,18,21)(H,19,22). The molecule has 1 aromatic heterocycles. The molecule has 0 aliphatic carbocycles. The SMILES string of the molecule is CCN(Cc1ccc(Cl)s1)C(=O)NNC(=O)c1ccc(F)cc1. The highest BCUT2D eigenvalue weighted by Gasteiger charge is 2.14. The molecule has 23 heavy (non-hydrogen) atoms. The van der Waals surface area contributed by atoms with Gasteiger partial charge in [-0.1, -0.05) is 11.6 Å². The number of urea groups is 1. The van der Waals surface area contributed by atoms with E-state index in [1.165, 1.54) is 40.5 Å². The van der Waals surface area contributed by atoms with Crippen molar-refractivity contribution in [3.8, 4) is 0 Å². The highest BCUT2D eigenvalue weighted by Crippen LogP contribution is 2.22. The Hall–Kier alpha value is -2.12. The van der Waals surface area contributed by atoms with Gasteiger partial charge in [-0.25, -0.2) is 14.6 Å². The molecular formula is C15H15ClFN3O2S. The van der Waals surface area contributed by atoms with Crippen LogP contribution in [0.15, 0.2) is 36.4 Å². The fraction of sp³-hybridized carbons (Fsp3) is 0.200. The molecule has 0 aliphatic rings. The highest BCUT2D eigenvalue weighted by atomic mass is 35.5. The summed E-state index contributed by atoms with van der Waals surface area (Å²) >= 11 is 7.26. The molecule has 0 saturated carbocycles. The number of halogens is 2. The van der Waals surface area contributed by atoms with Crippen LogP contribution in [0.25, 0.3) is 0 Å². The van der Waals surface area contributed by atoms with Gasteiger partial charge in [-0.2, -0.15) is 0 Å². The lowest BCUT2D eigenvalue weighted by Crippen LogP contribution is -2.48. The van der Waals surface area contributed by atoms with E-state index in [2.05, 4.69) is 10.9 Å². The second-order valence-electron chi connectivity index (χ2n) is 4.61. The Balaban J connectivity index is 1.89. The molecule has 0 fully saturated rings. The zero-order chi connectivity index (χ0) is 16.8. The van der Waals surface area contributed by atoms with Crippen LogP contribution in [0.5, 0.6) is 0 Å². The molecule has 0 bridgehead atoms. The summed E-state index contributed by atoms with van der Waals surface area (Å²) in [4.78, 5) is 26.4. The molecule has 2 aromatic rings. The van der Waals surface area contributed by atoms with Crippen molar-refractivity contribution in [1.82, 2.24) is 15.8 Å². The fourth-order valence-corrected chi connectivity index (χ4v) is 2.92. The van der Waals surface area contributed by atoms with Crippen molar-refractivity contribution in [3.63, 3.8) is 0 Å². The van der Waals surface area contributed by atoms with Crippen LogP contribution >= 0.6 is 22.9 Å². The topological polar surface area (TPSA) is 61.4 Å². The molecule has 0 spiro atoms. The Labute approximate surface area is 142 Å². The first-order chi connectivity index (χ1) is 11.0. The minimum Gasteiger partial charge on any atom is -0.319 e. The maximum atomic E-state index is 12.8. The summed E-state index contributed by atoms with van der Waals surface area (Å²) < 4.78 is 13.5. The van der Waals surface area contributed by atoms with Crippen LogP contribution in [0.1, 0.15) is 22.2 Å². The summed E-state index contributed by atoms with van der Waals surface area (Å²) in [6.45, 7) is 2.69. The normalized spacial score (nSPS) is 10.2. The molecule has 3 amide bonds. The smallest absolute Gasteiger partial charge is 0.319 e. The largest absolute Gasteiger partial charge is 0.336 e. The van der Waals surface area contributed by atoms with Gasteiger partial charge in [0.05, 0.1) is 10.9 Å². The Morgan fingerprint density at radius 2 is 1.87 bits per heavy atom. The molecule has 2 rings (SSSR count). The van der Waals surface area contributed by atoms with Crippen molar-refractivity contribution in [1.29, 1.82) is 0 Å². The summed E-state index contributed by atoms with van der Waals surface area (Å²) in [5.41, 5.74) is 4.89. The number of hydrazine groups is 1. The van der Waals surface area contributed by atoms with Gasteiger partial charge in [0.15, 0.2) is 0 Å². The average Bonchev–Trinajstić information content (AvgIpc) is 2.95. The Kier molecular flexibility index (Phi) is 5.95. The third kappa shape index (κ3) is 4.94. The van der Waals surface area contributed by atoms with Crippen molar-refractivity contribution in [2.45, 2.75) is 13.5 Å². The van der Waals surface area contributed by atoms with Gasteiger partial charge in [-0.3, -0.25) is 10.2 Å². The number of nitrogens with one attached hydrogen (secondary N) is 2. The van der Waals surface area contributed by atoms with Crippen LogP contribution < -0.4 is 10.9 Å². The minimum atomic E-state index is -0.520. The minimum absolute atomic E-state index is 0.250. The molecule has 0 aliphatic heterocycles. The van der Waals surface area contributed by atoms with Crippen LogP contribution in [0.3, 0.4) is 0 Å². The molecule has 0 saturated heterocycles. The van der Waals surface area contributed by atoms with Gasteiger partial charge in [0, 0.05) is 17.0 Å². The number of hydrogen-bond donors (Lipinski definition) is 2. The van der Waals surface area contributed by atoms with Crippen LogP contribution in [0.4, 0.5) is 9.18 Å². The number of thiophene rings is 1. The molecule has 2 N–H and O–H groups in total. The Morgan fingerprint density at radius 1 is 1.17 bits per heavy atom. The van der Waals surface area contributed by atoms with Crippen molar-refractivity contribution < 1.29 is 14.0 Å². The lowest BCUT2D eigenvalue weighted by atomic mass is 10.2. The van der Waals surface area contributed by atoms with Gasteiger partial charge in [0.25, 0.3) is 5.91 Å². The first-order valence-corrected chi connectivity index (χ1v) is 8.04. The first kappa shape index (κ1) is 17.2. The van der Waals surface area contributed by atoms with Crippen molar-refractivity contribution >= 4 is 34.9 Å². The van der Waals surface area contributed by atoms with Gasteiger partial charge in [0.1, 0.15) is 5.82 Å². The van der Waals surface area contributed by atoms with E-state index in [0.717, 1.165) is 4.88 Å². The summed E-state index contributed by atoms with van der Waals surface area (Å²) in [5.74, 6) is -0.953. The van der Waals surface area contributed by atoms with Gasteiger partial charge >= 0.3 is 6.03 Å². The maximum absolute atomic E-state index is 12.8. The summed E-state index contributed by atoms with van der Waals surface area (Å²) in [6, 6.07) is 8.20. The number of nitrogens with zero attached hydrogens (tertiary/aromatic N) is 1. The Bertz CT molecular complexity index is 690. The maximum Gasteiger partial charge on any atom is 0.336 e. The summed E-state index contributed by atoms with van der Waals surface area (Å²) in [6.07, 6.45) is 0. The molecule has 8 heteroatoms. The van der Waals surface area contributed by atoms with Gasteiger partial charge in [0.2, 0.25) is 0 Å². The summed E-state index contributed by atoms with van der Waals surface area (Å²) in [7, 11) is 0. The number of carbonyl (C=O) groups is 2. The molecule has 0 atom stereocenters. The summed E-state index contributed by atoms with van der Waals surface area (Å²) in [5, 5.41) is 0. The van der Waals surface area contributed by atoms with Crippen molar-refractivity contribution in [2.24, 2.45) is 0 Å². The quantitative estimate of drug-likeness (QED) is 0.825. The average molecular weight is 356 g/mol. The molecule has 1 heterocycles. The molecular weight excluding hydrogens is 341 g/mol. The van der Waals surface area contributed by atoms with E-state index in [9.17, 15) is 14.0 Å². The van der Waals surface area contributed by atoms with Crippen LogP contribution in [-0.2, 0) is 6.54 Å². The predicted molar refractivity (Wildman–Crippen MR) is 87.8 cm³/mol. The number of carbonyl (C=O) groups excluding carboxylic acids is 2. The van der Waals surface area contributed by atoms with Crippen molar-refractivity contribution in [2.75, 3.05) is 6.54 Å². The van der Waals surface area contributed by atoms with E-state index in [-0.39, 0.29) is 5.56 Å². The van der Waals surface area contributed by atoms with Crippen LogP contribution in [-0.4, -0.2) is 23.4 Å². The molecule has 0 unspecified atom stereocenters. The van der Waals surface area contributed by atoms with Gasteiger partial charge in [-0.05, 0) is 43.3 Å². The van der Waals surface area contributed by atoms with Gasteiger partial charge < -0.3 is 4.90 Å². The van der Waals surface area contributed by atoms with E-state index < -0.39 is 17.8 Å². The fourth-order valence-electron chi connectivity index (χ4n) is 1.81. The first-order valence-electron chi connectivity index (χ1n) is 6.84. The monoisotopic (exact) mass is 355 g/mol. The molecule has 1 aromatic carbocycles. The van der Waals surface area contributed by atoms with Gasteiger partial charge in [-0.15, -0.1) is 11.3 Å². The van der Waals surface area contributed by atoms with Crippen molar-refractivity contribution in [3.05, 3.63) is 57.0 Å². The van der Waals surface area contributed by atoms with E-state index >= 15 is 0 Å². The molecule has 0 radical (unpaired) electrons. The molecule has 5 nitrogen and oxygen atoms in total. The lowest BCUT2D eigenvalue weighted by Gasteiger charge is -2.20. The zero-order valence-electron chi connectivity index (χ0n) is 12.3. The zero-order valence-corrected chi connectivity index (χ0v) is 13.9. The lowest BCUT2D eigenvalue weighted by molar-refractivity contribution is 0.0929. The van der Waals surface area contributed by atoms with E-state index in [4.69, 9.17) is 11.6 Å². The predicted octanol–water partition coefficient (Wildman–Crippen LogP) is 3.42. The van der Waals surface area contributed by atoms with Crippen LogP contribution in [0, 0.1) is 5.82 Å². The van der Waals surface area contributed by atoms with E-state index in [0.29, 0.717) is 17.4 Å². The second kappa shape index (κ2) is 7.94.